The van der Waals surface area contributed by atoms with E-state index < -0.39 is 0 Å². The van der Waals surface area contributed by atoms with Gasteiger partial charge >= 0.3 is 0 Å². The van der Waals surface area contributed by atoms with E-state index in [1.165, 1.54) is 27.1 Å². The van der Waals surface area contributed by atoms with Crippen LogP contribution in [0, 0.1) is 0 Å². The standard InChI is InChI=1S/C55H33N5O/c1-2-16-41(17-3-1)59-47-33-40(30-31-44(47)50-45-20-11-23-49-51(45)60(55(50)59)46-21-8-9-22-48(46)61-49)54-57-52(56-53(58-54)39-29-24-34-12-4-5-14-38(34)32-39)37-27-25-36(26-28-37)43-19-10-15-35-13-6-7-18-42(35)43/h1-33H. The lowest BCUT2D eigenvalue weighted by Gasteiger charge is -2.21. The second-order valence-corrected chi connectivity index (χ2v) is 15.6. The van der Waals surface area contributed by atoms with Gasteiger partial charge in [0, 0.05) is 38.5 Å². The Kier molecular flexibility index (Phi) is 7.21. The number of nitrogens with zero attached hydrogens (tertiary/aromatic N) is 5. The van der Waals surface area contributed by atoms with E-state index in [2.05, 4.69) is 197 Å². The van der Waals surface area contributed by atoms with Crippen molar-refractivity contribution in [2.45, 2.75) is 0 Å². The fourth-order valence-corrected chi connectivity index (χ4v) is 9.32. The Balaban J connectivity index is 1.04. The molecule has 0 aliphatic carbocycles. The number of rotatable bonds is 5. The third-order valence-electron chi connectivity index (χ3n) is 12.1. The second-order valence-electron chi connectivity index (χ2n) is 15.6. The van der Waals surface area contributed by atoms with Crippen molar-refractivity contribution in [2.24, 2.45) is 0 Å². The topological polar surface area (TPSA) is 57.8 Å². The molecule has 9 aromatic carbocycles. The Morgan fingerprint density at radius 3 is 1.84 bits per heavy atom. The Bertz CT molecular complexity index is 3730. The van der Waals surface area contributed by atoms with Crippen LogP contribution >= 0.6 is 0 Å². The van der Waals surface area contributed by atoms with Gasteiger partial charge in [-0.15, -0.1) is 0 Å². The van der Waals surface area contributed by atoms with Crippen molar-refractivity contribution < 1.29 is 4.74 Å². The molecule has 12 aromatic rings. The van der Waals surface area contributed by atoms with Crippen molar-refractivity contribution in [1.29, 1.82) is 0 Å². The third kappa shape index (κ3) is 5.19. The summed E-state index contributed by atoms with van der Waals surface area (Å²) in [5.41, 5.74) is 10.4. The van der Waals surface area contributed by atoms with E-state index in [0.29, 0.717) is 17.5 Å². The minimum Gasteiger partial charge on any atom is -0.453 e. The number of aromatic nitrogens is 5. The molecule has 0 bridgehead atoms. The van der Waals surface area contributed by atoms with Crippen molar-refractivity contribution in [3.63, 3.8) is 0 Å². The highest BCUT2D eigenvalue weighted by Crippen LogP contribution is 2.49. The first-order valence-corrected chi connectivity index (χ1v) is 20.5. The molecule has 4 heterocycles. The SMILES string of the molecule is c1ccc(-n2c3cc(-c4nc(-c5ccc(-c6cccc7ccccc67)cc5)nc(-c5ccc6ccccc6c5)n4)ccc3c3c4cccc5c4n(c32)-c2ccccc2O5)cc1. The molecule has 0 saturated heterocycles. The van der Waals surface area contributed by atoms with Gasteiger partial charge in [0.15, 0.2) is 29.0 Å². The second kappa shape index (κ2) is 13.1. The van der Waals surface area contributed by atoms with E-state index in [9.17, 15) is 0 Å². The number of fused-ring (bicyclic) bond motifs is 9. The smallest absolute Gasteiger partial charge is 0.164 e. The lowest BCUT2D eigenvalue weighted by Crippen LogP contribution is -2.07. The van der Waals surface area contributed by atoms with Crippen LogP contribution in [0.15, 0.2) is 200 Å². The molecule has 0 N–H and O–H groups in total. The lowest BCUT2D eigenvalue weighted by atomic mass is 9.97. The predicted octanol–water partition coefficient (Wildman–Crippen LogP) is 14.0. The maximum atomic E-state index is 6.50. The normalized spacial score (nSPS) is 12.1. The molecule has 0 radical (unpaired) electrons. The van der Waals surface area contributed by atoms with Gasteiger partial charge in [-0.3, -0.25) is 9.13 Å². The first kappa shape index (κ1) is 33.6. The van der Waals surface area contributed by atoms with Crippen LogP contribution in [0.4, 0.5) is 0 Å². The molecule has 13 rings (SSSR count). The summed E-state index contributed by atoms with van der Waals surface area (Å²) in [5.74, 6) is 3.52. The summed E-state index contributed by atoms with van der Waals surface area (Å²) in [6, 6.07) is 70.2. The van der Waals surface area contributed by atoms with Gasteiger partial charge in [0.05, 0.1) is 16.7 Å². The molecule has 61 heavy (non-hydrogen) atoms. The number of hydrogen-bond acceptors (Lipinski definition) is 4. The largest absolute Gasteiger partial charge is 0.453 e. The summed E-state index contributed by atoms with van der Waals surface area (Å²) in [6.45, 7) is 0. The van der Waals surface area contributed by atoms with E-state index in [1.54, 1.807) is 0 Å². The van der Waals surface area contributed by atoms with E-state index in [-0.39, 0.29) is 0 Å². The Labute approximate surface area is 350 Å². The fourth-order valence-electron chi connectivity index (χ4n) is 9.32. The molecular formula is C55H33N5O. The molecule has 3 aromatic heterocycles. The number of ether oxygens (including phenoxy) is 1. The first-order chi connectivity index (χ1) is 30.2. The Morgan fingerprint density at radius 2 is 0.984 bits per heavy atom. The number of para-hydroxylation sites is 4. The molecule has 0 unspecified atom stereocenters. The van der Waals surface area contributed by atoms with Gasteiger partial charge in [0.1, 0.15) is 5.65 Å². The maximum Gasteiger partial charge on any atom is 0.164 e. The average Bonchev–Trinajstić information content (AvgIpc) is 3.85. The quantitative estimate of drug-likeness (QED) is 0.175. The highest BCUT2D eigenvalue weighted by molar-refractivity contribution is 6.24. The van der Waals surface area contributed by atoms with Crippen molar-refractivity contribution in [2.75, 3.05) is 0 Å². The van der Waals surface area contributed by atoms with E-state index >= 15 is 0 Å². The third-order valence-corrected chi connectivity index (χ3v) is 12.1. The summed E-state index contributed by atoms with van der Waals surface area (Å²) >= 11 is 0. The van der Waals surface area contributed by atoms with Crippen LogP contribution in [0.3, 0.4) is 0 Å². The highest BCUT2D eigenvalue weighted by Gasteiger charge is 2.28. The van der Waals surface area contributed by atoms with Crippen LogP contribution in [-0.4, -0.2) is 24.1 Å². The van der Waals surface area contributed by atoms with Crippen LogP contribution < -0.4 is 4.74 Å². The molecular weight excluding hydrogens is 747 g/mol. The minimum atomic E-state index is 0.605. The van der Waals surface area contributed by atoms with Crippen molar-refractivity contribution in [3.8, 4) is 68.2 Å². The molecule has 0 atom stereocenters. The number of benzene rings is 9. The minimum absolute atomic E-state index is 0.605. The Morgan fingerprint density at radius 1 is 0.377 bits per heavy atom. The van der Waals surface area contributed by atoms with Crippen LogP contribution in [0.5, 0.6) is 11.5 Å². The zero-order valence-corrected chi connectivity index (χ0v) is 32.7. The van der Waals surface area contributed by atoms with Gasteiger partial charge in [-0.1, -0.05) is 158 Å². The monoisotopic (exact) mass is 779 g/mol. The first-order valence-electron chi connectivity index (χ1n) is 20.5. The van der Waals surface area contributed by atoms with Crippen LogP contribution in [0.25, 0.3) is 111 Å². The lowest BCUT2D eigenvalue weighted by molar-refractivity contribution is 0.476. The van der Waals surface area contributed by atoms with Gasteiger partial charge in [0.25, 0.3) is 0 Å². The molecule has 0 amide bonds. The summed E-state index contributed by atoms with van der Waals surface area (Å²) < 4.78 is 11.2. The zero-order chi connectivity index (χ0) is 40.0. The van der Waals surface area contributed by atoms with Gasteiger partial charge in [-0.05, 0) is 75.1 Å². The highest BCUT2D eigenvalue weighted by atomic mass is 16.5. The summed E-state index contributed by atoms with van der Waals surface area (Å²) in [5, 5.41) is 8.19. The van der Waals surface area contributed by atoms with E-state index in [4.69, 9.17) is 19.7 Å². The van der Waals surface area contributed by atoms with Crippen molar-refractivity contribution in [1.82, 2.24) is 24.1 Å². The molecule has 1 aliphatic heterocycles. The van der Waals surface area contributed by atoms with Crippen LogP contribution in [0.1, 0.15) is 0 Å². The fraction of sp³-hybridized carbons (Fsp3) is 0. The Hall–Kier alpha value is -8.35. The molecule has 0 spiro atoms. The molecule has 6 nitrogen and oxygen atoms in total. The van der Waals surface area contributed by atoms with E-state index in [0.717, 1.165) is 78.0 Å². The average molecular weight is 780 g/mol. The van der Waals surface area contributed by atoms with Gasteiger partial charge < -0.3 is 4.74 Å². The molecule has 6 heteroatoms. The summed E-state index contributed by atoms with van der Waals surface area (Å²) in [6.07, 6.45) is 0. The summed E-state index contributed by atoms with van der Waals surface area (Å²) in [4.78, 5) is 15.6. The summed E-state index contributed by atoms with van der Waals surface area (Å²) in [7, 11) is 0. The van der Waals surface area contributed by atoms with E-state index in [1.807, 2.05) is 12.1 Å². The van der Waals surface area contributed by atoms with Crippen LogP contribution in [0.2, 0.25) is 0 Å². The molecule has 1 aliphatic rings. The molecule has 284 valence electrons. The van der Waals surface area contributed by atoms with Crippen molar-refractivity contribution in [3.05, 3.63) is 200 Å². The molecule has 0 saturated carbocycles. The predicted molar refractivity (Wildman–Crippen MR) is 248 cm³/mol. The zero-order valence-electron chi connectivity index (χ0n) is 32.7. The maximum absolute atomic E-state index is 6.50. The number of hydrogen-bond donors (Lipinski definition) is 0. The van der Waals surface area contributed by atoms with Gasteiger partial charge in [0.2, 0.25) is 0 Å². The van der Waals surface area contributed by atoms with Crippen LogP contribution in [-0.2, 0) is 0 Å². The molecule has 0 fully saturated rings. The van der Waals surface area contributed by atoms with Gasteiger partial charge in [-0.2, -0.15) is 0 Å². The van der Waals surface area contributed by atoms with Crippen molar-refractivity contribution >= 4 is 54.4 Å². The van der Waals surface area contributed by atoms with Gasteiger partial charge in [-0.25, -0.2) is 15.0 Å².